The predicted molar refractivity (Wildman–Crippen MR) is 103 cm³/mol. The number of amides is 1. The van der Waals surface area contributed by atoms with Crippen molar-refractivity contribution in [3.63, 3.8) is 0 Å². The number of anilines is 1. The zero-order chi connectivity index (χ0) is 17.8. The minimum atomic E-state index is -0.526. The van der Waals surface area contributed by atoms with Crippen molar-refractivity contribution in [2.45, 2.75) is 33.3 Å². The molecule has 25 heavy (non-hydrogen) atoms. The average molecular weight is 333 g/mol. The molecule has 3 nitrogen and oxygen atoms in total. The van der Waals surface area contributed by atoms with Gasteiger partial charge in [-0.2, -0.15) is 0 Å². The van der Waals surface area contributed by atoms with Gasteiger partial charge in [-0.1, -0.05) is 55.0 Å². The summed E-state index contributed by atoms with van der Waals surface area (Å²) < 4.78 is 5.96. The molecule has 3 aromatic rings. The summed E-state index contributed by atoms with van der Waals surface area (Å²) in [5, 5.41) is 5.24. The van der Waals surface area contributed by atoms with E-state index in [2.05, 4.69) is 17.4 Å². The lowest BCUT2D eigenvalue weighted by Gasteiger charge is -2.18. The van der Waals surface area contributed by atoms with Crippen molar-refractivity contribution < 1.29 is 9.53 Å². The van der Waals surface area contributed by atoms with Crippen molar-refractivity contribution in [3.8, 4) is 5.75 Å². The van der Waals surface area contributed by atoms with Crippen LogP contribution >= 0.6 is 0 Å². The van der Waals surface area contributed by atoms with Gasteiger partial charge in [0.2, 0.25) is 0 Å². The van der Waals surface area contributed by atoms with Crippen LogP contribution in [0.3, 0.4) is 0 Å². The van der Waals surface area contributed by atoms with Crippen LogP contribution in [0, 0.1) is 13.8 Å². The number of nitrogens with one attached hydrogen (secondary N) is 1. The van der Waals surface area contributed by atoms with Crippen LogP contribution in [0.25, 0.3) is 10.8 Å². The van der Waals surface area contributed by atoms with Gasteiger partial charge in [0.25, 0.3) is 5.91 Å². The maximum atomic E-state index is 12.6. The summed E-state index contributed by atoms with van der Waals surface area (Å²) in [6.45, 7) is 5.98. The topological polar surface area (TPSA) is 38.3 Å². The van der Waals surface area contributed by atoms with E-state index < -0.39 is 6.10 Å². The Morgan fingerprint density at radius 3 is 2.48 bits per heavy atom. The molecule has 3 heteroatoms. The smallest absolute Gasteiger partial charge is 0.265 e. The molecule has 0 aliphatic heterocycles. The van der Waals surface area contributed by atoms with Gasteiger partial charge in [-0.25, -0.2) is 0 Å². The molecule has 0 aliphatic carbocycles. The number of carbonyl (C=O) groups excluding carboxylic acids is 1. The Morgan fingerprint density at radius 2 is 1.76 bits per heavy atom. The number of hydrogen-bond acceptors (Lipinski definition) is 2. The van der Waals surface area contributed by atoms with Gasteiger partial charge in [0, 0.05) is 5.69 Å². The Bertz CT molecular complexity index is 901. The molecule has 3 rings (SSSR count). The molecular formula is C22H23NO2. The van der Waals surface area contributed by atoms with Crippen molar-refractivity contribution in [2.24, 2.45) is 0 Å². The molecule has 1 amide bonds. The summed E-state index contributed by atoms with van der Waals surface area (Å²) in [5.41, 5.74) is 3.06. The van der Waals surface area contributed by atoms with Gasteiger partial charge < -0.3 is 10.1 Å². The van der Waals surface area contributed by atoms with Crippen LogP contribution in [0.2, 0.25) is 0 Å². The number of aryl methyl sites for hydroxylation is 2. The largest absolute Gasteiger partial charge is 0.481 e. The molecule has 128 valence electrons. The lowest BCUT2D eigenvalue weighted by Crippen LogP contribution is -2.32. The third-order valence-corrected chi connectivity index (χ3v) is 4.30. The molecule has 0 unspecified atom stereocenters. The highest BCUT2D eigenvalue weighted by Crippen LogP contribution is 2.23. The summed E-state index contributed by atoms with van der Waals surface area (Å²) in [6, 6.07) is 20.0. The van der Waals surface area contributed by atoms with Crippen molar-refractivity contribution in [1.29, 1.82) is 0 Å². The van der Waals surface area contributed by atoms with Gasteiger partial charge in [0.1, 0.15) is 5.75 Å². The van der Waals surface area contributed by atoms with Crippen LogP contribution in [0.4, 0.5) is 5.69 Å². The SMILES string of the molecule is CC[C@@H](Oc1ccc2ccccc2c1)C(=O)Nc1ccc(C)cc1C. The molecule has 0 bridgehead atoms. The van der Waals surface area contributed by atoms with E-state index in [4.69, 9.17) is 4.74 Å². The third kappa shape index (κ3) is 4.00. The van der Waals surface area contributed by atoms with Crippen LogP contribution < -0.4 is 10.1 Å². The molecule has 1 atom stereocenters. The van der Waals surface area contributed by atoms with E-state index >= 15 is 0 Å². The van der Waals surface area contributed by atoms with Gasteiger partial charge in [-0.15, -0.1) is 0 Å². The Balaban J connectivity index is 1.75. The second kappa shape index (κ2) is 7.39. The number of benzene rings is 3. The van der Waals surface area contributed by atoms with E-state index in [-0.39, 0.29) is 5.91 Å². The van der Waals surface area contributed by atoms with E-state index in [1.54, 1.807) is 0 Å². The Hall–Kier alpha value is -2.81. The number of hydrogen-bond donors (Lipinski definition) is 1. The van der Waals surface area contributed by atoms with Crippen LogP contribution in [0.5, 0.6) is 5.75 Å². The van der Waals surface area contributed by atoms with Crippen molar-refractivity contribution in [3.05, 3.63) is 71.8 Å². The third-order valence-electron chi connectivity index (χ3n) is 4.30. The molecule has 3 aromatic carbocycles. The lowest BCUT2D eigenvalue weighted by atomic mass is 10.1. The summed E-state index contributed by atoms with van der Waals surface area (Å²) in [5.74, 6) is 0.587. The first-order valence-electron chi connectivity index (χ1n) is 8.60. The number of fused-ring (bicyclic) bond motifs is 1. The summed E-state index contributed by atoms with van der Waals surface area (Å²) in [6.07, 6.45) is 0.0747. The molecule has 0 saturated heterocycles. The van der Waals surface area contributed by atoms with E-state index in [1.165, 1.54) is 5.56 Å². The summed E-state index contributed by atoms with van der Waals surface area (Å²) >= 11 is 0. The van der Waals surface area contributed by atoms with Gasteiger partial charge in [0.05, 0.1) is 0 Å². The zero-order valence-corrected chi connectivity index (χ0v) is 14.9. The van der Waals surface area contributed by atoms with Crippen LogP contribution in [-0.4, -0.2) is 12.0 Å². The van der Waals surface area contributed by atoms with Gasteiger partial charge in [-0.3, -0.25) is 4.79 Å². The normalized spacial score (nSPS) is 12.0. The Morgan fingerprint density at radius 1 is 1.00 bits per heavy atom. The number of rotatable bonds is 5. The highest BCUT2D eigenvalue weighted by atomic mass is 16.5. The average Bonchev–Trinajstić information content (AvgIpc) is 2.61. The maximum absolute atomic E-state index is 12.6. The first kappa shape index (κ1) is 17.0. The van der Waals surface area contributed by atoms with Crippen LogP contribution in [0.1, 0.15) is 24.5 Å². The number of carbonyl (C=O) groups is 1. The molecule has 0 saturated carbocycles. The van der Waals surface area contributed by atoms with E-state index in [9.17, 15) is 4.79 Å². The molecular weight excluding hydrogens is 310 g/mol. The van der Waals surface area contributed by atoms with Crippen LogP contribution in [-0.2, 0) is 4.79 Å². The fraction of sp³-hybridized carbons (Fsp3) is 0.227. The second-order valence-electron chi connectivity index (χ2n) is 6.33. The molecule has 0 spiro atoms. The molecule has 0 aromatic heterocycles. The zero-order valence-electron chi connectivity index (χ0n) is 14.9. The quantitative estimate of drug-likeness (QED) is 0.692. The van der Waals surface area contributed by atoms with Gasteiger partial charge >= 0.3 is 0 Å². The predicted octanol–water partition coefficient (Wildman–Crippen LogP) is 5.25. The molecule has 0 fully saturated rings. The molecule has 0 heterocycles. The fourth-order valence-corrected chi connectivity index (χ4v) is 2.89. The monoisotopic (exact) mass is 333 g/mol. The van der Waals surface area contributed by atoms with Crippen LogP contribution in [0.15, 0.2) is 60.7 Å². The molecule has 0 aliphatic rings. The first-order valence-corrected chi connectivity index (χ1v) is 8.60. The molecule has 0 radical (unpaired) electrons. The minimum Gasteiger partial charge on any atom is -0.481 e. The van der Waals surface area contributed by atoms with E-state index in [1.807, 2.05) is 69.3 Å². The lowest BCUT2D eigenvalue weighted by molar-refractivity contribution is -0.122. The van der Waals surface area contributed by atoms with Gasteiger partial charge in [0.15, 0.2) is 6.10 Å². The van der Waals surface area contributed by atoms with E-state index in [0.717, 1.165) is 22.0 Å². The highest BCUT2D eigenvalue weighted by molar-refractivity contribution is 5.95. The minimum absolute atomic E-state index is 0.123. The van der Waals surface area contributed by atoms with Crippen molar-refractivity contribution >= 4 is 22.4 Å². The first-order chi connectivity index (χ1) is 12.1. The maximum Gasteiger partial charge on any atom is 0.265 e. The number of ether oxygens (including phenoxy) is 1. The van der Waals surface area contributed by atoms with Crippen molar-refractivity contribution in [1.82, 2.24) is 0 Å². The van der Waals surface area contributed by atoms with Crippen molar-refractivity contribution in [2.75, 3.05) is 5.32 Å². The summed E-state index contributed by atoms with van der Waals surface area (Å²) in [4.78, 5) is 12.6. The second-order valence-corrected chi connectivity index (χ2v) is 6.33. The molecule has 1 N–H and O–H groups in total. The highest BCUT2D eigenvalue weighted by Gasteiger charge is 2.19. The standard InChI is InChI=1S/C22H23NO2/c1-4-21(22(24)23-20-12-9-15(2)13-16(20)3)25-19-11-10-17-7-5-6-8-18(17)14-19/h5-14,21H,4H2,1-3H3,(H,23,24)/t21-/m1/s1. The Labute approximate surface area is 148 Å². The fourth-order valence-electron chi connectivity index (χ4n) is 2.89. The van der Waals surface area contributed by atoms with E-state index in [0.29, 0.717) is 12.2 Å². The Kier molecular flexibility index (Phi) is 5.03. The summed E-state index contributed by atoms with van der Waals surface area (Å²) in [7, 11) is 0. The van der Waals surface area contributed by atoms with Gasteiger partial charge in [-0.05, 0) is 54.8 Å².